The number of halogens is 2. The Morgan fingerprint density at radius 1 is 1.11 bits per heavy atom. The highest BCUT2D eigenvalue weighted by Gasteiger charge is 2.30. The molecule has 0 spiro atoms. The predicted octanol–water partition coefficient (Wildman–Crippen LogP) is 4.44. The zero-order valence-electron chi connectivity index (χ0n) is 14.5. The van der Waals surface area contributed by atoms with Gasteiger partial charge < -0.3 is 10.3 Å². The van der Waals surface area contributed by atoms with Crippen molar-refractivity contribution in [2.75, 3.05) is 5.32 Å². The first kappa shape index (κ1) is 18.9. The highest BCUT2D eigenvalue weighted by Crippen LogP contribution is 2.35. The number of thioether (sulfide) groups is 1. The predicted molar refractivity (Wildman–Crippen MR) is 110 cm³/mol. The van der Waals surface area contributed by atoms with Gasteiger partial charge in [0.1, 0.15) is 11.6 Å². The number of H-pyrrole nitrogens is 1. The fourth-order valence-corrected chi connectivity index (χ4v) is 4.21. The van der Waals surface area contributed by atoms with E-state index in [2.05, 4.69) is 31.2 Å². The lowest BCUT2D eigenvalue weighted by Gasteiger charge is -2.24. The zero-order valence-corrected chi connectivity index (χ0v) is 16.9. The molecule has 2 N–H and O–H groups in total. The molecule has 0 saturated heterocycles. The lowest BCUT2D eigenvalue weighted by molar-refractivity contribution is -0.116. The van der Waals surface area contributed by atoms with E-state index in [1.54, 1.807) is 12.1 Å². The Morgan fingerprint density at radius 2 is 1.82 bits per heavy atom. The number of fused-ring (bicyclic) bond motifs is 1. The molecule has 3 aromatic rings. The second kappa shape index (κ2) is 7.89. The van der Waals surface area contributed by atoms with E-state index >= 15 is 0 Å². The van der Waals surface area contributed by atoms with Gasteiger partial charge in [-0.15, -0.1) is 0 Å². The number of hydrogen-bond donors (Lipinski definition) is 2. The number of rotatable bonds is 4. The van der Waals surface area contributed by atoms with E-state index in [1.807, 2.05) is 24.3 Å². The van der Waals surface area contributed by atoms with Gasteiger partial charge in [-0.1, -0.05) is 52.0 Å². The Hall–Kier alpha value is -2.45. The van der Waals surface area contributed by atoms with Crippen LogP contribution in [0.25, 0.3) is 0 Å². The average Bonchev–Trinajstić information content (AvgIpc) is 2.67. The summed E-state index contributed by atoms with van der Waals surface area (Å²) in [6.07, 6.45) is 0.196. The molecule has 2 aromatic carbocycles. The van der Waals surface area contributed by atoms with E-state index in [-0.39, 0.29) is 29.6 Å². The smallest absolute Gasteiger partial charge is 0.257 e. The van der Waals surface area contributed by atoms with Crippen LogP contribution in [0, 0.1) is 5.82 Å². The van der Waals surface area contributed by atoms with Crippen molar-refractivity contribution in [2.45, 2.75) is 23.2 Å². The third-order valence-corrected chi connectivity index (χ3v) is 5.96. The van der Waals surface area contributed by atoms with Crippen LogP contribution in [0.1, 0.15) is 29.0 Å². The molecule has 0 bridgehead atoms. The largest absolute Gasteiger partial charge is 0.310 e. The molecule has 0 aliphatic carbocycles. The van der Waals surface area contributed by atoms with E-state index < -0.39 is 0 Å². The van der Waals surface area contributed by atoms with Gasteiger partial charge in [-0.25, -0.2) is 9.37 Å². The summed E-state index contributed by atoms with van der Waals surface area (Å²) in [4.78, 5) is 32.2. The first-order valence-corrected chi connectivity index (χ1v) is 10.3. The van der Waals surface area contributed by atoms with Crippen LogP contribution < -0.4 is 10.9 Å². The van der Waals surface area contributed by atoms with E-state index in [0.29, 0.717) is 22.3 Å². The quantitative estimate of drug-likeness (QED) is 0.446. The maximum absolute atomic E-state index is 13.0. The number of aromatic nitrogens is 2. The third-order valence-electron chi connectivity index (χ3n) is 4.49. The molecule has 1 atom stereocenters. The minimum absolute atomic E-state index is 0.173. The van der Waals surface area contributed by atoms with Crippen molar-refractivity contribution in [2.24, 2.45) is 0 Å². The number of benzene rings is 2. The van der Waals surface area contributed by atoms with Crippen LogP contribution in [0.3, 0.4) is 0 Å². The summed E-state index contributed by atoms with van der Waals surface area (Å²) in [5.41, 5.74) is 1.99. The highest BCUT2D eigenvalue weighted by molar-refractivity contribution is 9.10. The molecule has 5 nitrogen and oxygen atoms in total. The number of nitrogens with one attached hydrogen (secondary N) is 2. The van der Waals surface area contributed by atoms with Crippen molar-refractivity contribution < 1.29 is 9.18 Å². The highest BCUT2D eigenvalue weighted by atomic mass is 79.9. The molecule has 1 aliphatic rings. The summed E-state index contributed by atoms with van der Waals surface area (Å²) in [5, 5.41) is 3.12. The number of carbonyl (C=O) groups is 1. The van der Waals surface area contributed by atoms with Crippen LogP contribution in [0.2, 0.25) is 0 Å². The molecule has 4 rings (SSSR count). The molecule has 28 heavy (non-hydrogen) atoms. The summed E-state index contributed by atoms with van der Waals surface area (Å²) in [7, 11) is 0. The van der Waals surface area contributed by atoms with Gasteiger partial charge in [-0.3, -0.25) is 9.59 Å². The molecule has 0 fully saturated rings. The Morgan fingerprint density at radius 3 is 2.54 bits per heavy atom. The zero-order chi connectivity index (χ0) is 19.7. The van der Waals surface area contributed by atoms with Gasteiger partial charge in [-0.05, 0) is 35.4 Å². The van der Waals surface area contributed by atoms with Gasteiger partial charge in [0.05, 0.1) is 5.56 Å². The molecular weight excluding hydrogens is 445 g/mol. The van der Waals surface area contributed by atoms with Crippen molar-refractivity contribution in [3.63, 3.8) is 0 Å². The van der Waals surface area contributed by atoms with E-state index in [4.69, 9.17) is 0 Å². The SMILES string of the molecule is O=C1CC(c2ccc(Br)cc2)c2c(nc(SCc3ccc(F)cc3)[nH]c2=O)N1. The minimum Gasteiger partial charge on any atom is -0.310 e. The first-order chi connectivity index (χ1) is 13.5. The molecule has 142 valence electrons. The van der Waals surface area contributed by atoms with Crippen molar-refractivity contribution in [1.82, 2.24) is 9.97 Å². The van der Waals surface area contributed by atoms with Crippen molar-refractivity contribution in [3.8, 4) is 0 Å². The molecule has 0 radical (unpaired) electrons. The topological polar surface area (TPSA) is 74.8 Å². The van der Waals surface area contributed by atoms with Crippen LogP contribution in [-0.4, -0.2) is 15.9 Å². The molecular formula is C20H15BrFN3O2S. The number of aromatic amines is 1. The Bertz CT molecular complexity index is 1080. The van der Waals surface area contributed by atoms with Gasteiger partial charge >= 0.3 is 0 Å². The van der Waals surface area contributed by atoms with Gasteiger partial charge in [0, 0.05) is 22.6 Å². The fraction of sp³-hybridized carbons (Fsp3) is 0.150. The molecule has 1 unspecified atom stereocenters. The standard InChI is InChI=1S/C20H15BrFN3O2S/c21-13-5-3-12(4-6-13)15-9-16(26)23-18-17(15)19(27)25-20(24-18)28-10-11-1-7-14(22)8-2-11/h1-8,15H,9-10H2,(H2,23,24,25,26,27). The van der Waals surface area contributed by atoms with E-state index in [0.717, 1.165) is 15.6 Å². The maximum atomic E-state index is 13.0. The monoisotopic (exact) mass is 459 g/mol. The third kappa shape index (κ3) is 4.02. The lowest BCUT2D eigenvalue weighted by Crippen LogP contribution is -2.31. The van der Waals surface area contributed by atoms with Crippen molar-refractivity contribution >= 4 is 39.4 Å². The van der Waals surface area contributed by atoms with Crippen LogP contribution >= 0.6 is 27.7 Å². The number of carbonyl (C=O) groups excluding carboxylic acids is 1. The summed E-state index contributed by atoms with van der Waals surface area (Å²) >= 11 is 4.71. The van der Waals surface area contributed by atoms with Crippen LogP contribution in [0.15, 0.2) is 63.0 Å². The van der Waals surface area contributed by atoms with E-state index in [9.17, 15) is 14.0 Å². The van der Waals surface area contributed by atoms with Gasteiger partial charge in [-0.2, -0.15) is 0 Å². The second-order valence-corrected chi connectivity index (χ2v) is 8.28. The Labute approximate surface area is 172 Å². The molecule has 1 aromatic heterocycles. The average molecular weight is 460 g/mol. The molecule has 8 heteroatoms. The number of nitrogens with zero attached hydrogens (tertiary/aromatic N) is 1. The van der Waals surface area contributed by atoms with Gasteiger partial charge in [0.25, 0.3) is 5.56 Å². The van der Waals surface area contributed by atoms with Gasteiger partial charge in [0.2, 0.25) is 5.91 Å². The lowest BCUT2D eigenvalue weighted by atomic mass is 9.87. The normalized spacial score (nSPS) is 15.8. The molecule has 2 heterocycles. The molecule has 0 saturated carbocycles. The summed E-state index contributed by atoms with van der Waals surface area (Å²) in [6, 6.07) is 13.7. The van der Waals surface area contributed by atoms with Crippen molar-refractivity contribution in [1.29, 1.82) is 0 Å². The Balaban J connectivity index is 1.63. The number of anilines is 1. The van der Waals surface area contributed by atoms with E-state index in [1.165, 1.54) is 23.9 Å². The molecule has 1 aliphatic heterocycles. The summed E-state index contributed by atoms with van der Waals surface area (Å²) < 4.78 is 13.9. The summed E-state index contributed by atoms with van der Waals surface area (Å²) in [5.74, 6) is 0.00839. The molecule has 1 amide bonds. The van der Waals surface area contributed by atoms with Crippen molar-refractivity contribution in [3.05, 3.63) is 85.9 Å². The fourth-order valence-electron chi connectivity index (χ4n) is 3.13. The second-order valence-electron chi connectivity index (χ2n) is 6.40. The van der Waals surface area contributed by atoms with Crippen LogP contribution in [0.4, 0.5) is 10.2 Å². The minimum atomic E-state index is -0.343. The van der Waals surface area contributed by atoms with Gasteiger partial charge in [0.15, 0.2) is 5.16 Å². The number of amides is 1. The van der Waals surface area contributed by atoms with Crippen LogP contribution in [-0.2, 0) is 10.5 Å². The number of hydrogen-bond acceptors (Lipinski definition) is 4. The summed E-state index contributed by atoms with van der Waals surface area (Å²) in [6.45, 7) is 0. The first-order valence-electron chi connectivity index (χ1n) is 8.56. The Kier molecular flexibility index (Phi) is 5.32. The maximum Gasteiger partial charge on any atom is 0.257 e. The van der Waals surface area contributed by atoms with Crippen LogP contribution in [0.5, 0.6) is 0 Å².